The molecule has 0 aliphatic heterocycles. The van der Waals surface area contributed by atoms with Crippen LogP contribution < -0.4 is 10.1 Å². The summed E-state index contributed by atoms with van der Waals surface area (Å²) in [7, 11) is -1.17. The molecule has 0 atom stereocenters. The Labute approximate surface area is 249 Å². The first kappa shape index (κ1) is 29.6. The molecule has 3 aromatic heterocycles. The fourth-order valence-corrected chi connectivity index (χ4v) is 5.33. The van der Waals surface area contributed by atoms with Crippen molar-refractivity contribution in [3.05, 3.63) is 59.8 Å². The average molecular weight is 608 g/mol. The standard InChI is InChI=1S/C29H34ClN7O4Si/c1-19-34-22-6-5-21(13-25(22)37(19)18-40-11-12-42(2,3)4)41-26-8-7-23-29(28(26)30)35-24(15-32-23)20-14-33-36(16-20)17-27(39)31-9-10-38/h5-8,13-16,38H,9-12,17-18H2,1-4H3,(H,31,39). The summed E-state index contributed by atoms with van der Waals surface area (Å²) >= 11 is 6.79. The largest absolute Gasteiger partial charge is 0.456 e. The lowest BCUT2D eigenvalue weighted by Crippen LogP contribution is -2.30. The summed E-state index contributed by atoms with van der Waals surface area (Å²) in [6.45, 7) is 10.2. The number of halogens is 1. The Morgan fingerprint density at radius 2 is 1.93 bits per heavy atom. The summed E-state index contributed by atoms with van der Waals surface area (Å²) in [5, 5.41) is 16.0. The molecule has 0 radical (unpaired) electrons. The van der Waals surface area contributed by atoms with Crippen LogP contribution in [-0.4, -0.2) is 68.1 Å². The zero-order valence-corrected chi connectivity index (χ0v) is 25.9. The molecule has 0 saturated carbocycles. The SMILES string of the molecule is Cc1nc2ccc(Oc3ccc4ncc(-c5cnn(CC(=O)NCCO)c5)nc4c3Cl)cc2n1COCC[Si](C)(C)C. The van der Waals surface area contributed by atoms with E-state index >= 15 is 0 Å². The third kappa shape index (κ3) is 6.96. The van der Waals surface area contributed by atoms with Gasteiger partial charge in [-0.15, -0.1) is 0 Å². The quantitative estimate of drug-likeness (QED) is 0.149. The van der Waals surface area contributed by atoms with Crippen molar-refractivity contribution in [3.63, 3.8) is 0 Å². The molecular formula is C29H34ClN7O4Si. The van der Waals surface area contributed by atoms with Crippen molar-refractivity contribution in [2.24, 2.45) is 0 Å². The summed E-state index contributed by atoms with van der Waals surface area (Å²) in [6.07, 6.45) is 4.95. The molecule has 0 aliphatic carbocycles. The molecule has 1 amide bonds. The number of benzene rings is 2. The van der Waals surface area contributed by atoms with Gasteiger partial charge in [0.2, 0.25) is 5.91 Å². The Balaban J connectivity index is 1.36. The number of carbonyl (C=O) groups excluding carboxylic acids is 1. The van der Waals surface area contributed by atoms with E-state index in [9.17, 15) is 4.79 Å². The van der Waals surface area contributed by atoms with Crippen LogP contribution in [0.4, 0.5) is 0 Å². The predicted molar refractivity (Wildman–Crippen MR) is 165 cm³/mol. The number of carbonyl (C=O) groups is 1. The van der Waals surface area contributed by atoms with Crippen LogP contribution in [-0.2, 0) is 22.8 Å². The lowest BCUT2D eigenvalue weighted by Gasteiger charge is -2.16. The molecule has 2 N–H and O–H groups in total. The number of hydrogen-bond acceptors (Lipinski definition) is 8. The maximum atomic E-state index is 12.0. The van der Waals surface area contributed by atoms with E-state index < -0.39 is 8.07 Å². The van der Waals surface area contributed by atoms with Gasteiger partial charge in [-0.2, -0.15) is 5.10 Å². The van der Waals surface area contributed by atoms with Gasteiger partial charge in [-0.05, 0) is 37.2 Å². The second-order valence-corrected chi connectivity index (χ2v) is 17.2. The third-order valence-corrected chi connectivity index (χ3v) is 8.71. The summed E-state index contributed by atoms with van der Waals surface area (Å²) < 4.78 is 15.8. The molecule has 13 heteroatoms. The smallest absolute Gasteiger partial charge is 0.241 e. The minimum atomic E-state index is -1.17. The van der Waals surface area contributed by atoms with Crippen molar-refractivity contribution in [3.8, 4) is 22.8 Å². The molecule has 0 fully saturated rings. The van der Waals surface area contributed by atoms with Crippen molar-refractivity contribution in [2.45, 2.75) is 45.9 Å². The van der Waals surface area contributed by atoms with Crippen LogP contribution in [0.25, 0.3) is 33.3 Å². The number of fused-ring (bicyclic) bond motifs is 2. The minimum absolute atomic E-state index is 0.0210. The number of ether oxygens (including phenoxy) is 2. The first-order chi connectivity index (χ1) is 20.1. The van der Waals surface area contributed by atoms with E-state index in [2.05, 4.69) is 40.0 Å². The van der Waals surface area contributed by atoms with Crippen LogP contribution in [0.15, 0.2) is 48.9 Å². The third-order valence-electron chi connectivity index (χ3n) is 6.64. The van der Waals surface area contributed by atoms with Crippen molar-refractivity contribution >= 4 is 47.6 Å². The number of hydrogen-bond donors (Lipinski definition) is 2. The Kier molecular flexibility index (Phi) is 8.87. The maximum Gasteiger partial charge on any atom is 0.241 e. The second kappa shape index (κ2) is 12.6. The molecule has 0 spiro atoms. The fourth-order valence-electron chi connectivity index (χ4n) is 4.34. The van der Waals surface area contributed by atoms with Crippen LogP contribution in [0.1, 0.15) is 5.82 Å². The Morgan fingerprint density at radius 3 is 2.71 bits per heavy atom. The van der Waals surface area contributed by atoms with Gasteiger partial charge in [0.05, 0.1) is 41.2 Å². The number of nitrogens with one attached hydrogen (secondary N) is 1. The van der Waals surface area contributed by atoms with Crippen LogP contribution in [0, 0.1) is 6.92 Å². The lowest BCUT2D eigenvalue weighted by molar-refractivity contribution is -0.122. The Bertz CT molecular complexity index is 1730. The zero-order chi connectivity index (χ0) is 29.9. The van der Waals surface area contributed by atoms with Crippen molar-refractivity contribution in [1.29, 1.82) is 0 Å². The monoisotopic (exact) mass is 607 g/mol. The first-order valence-corrected chi connectivity index (χ1v) is 17.8. The molecule has 0 saturated heterocycles. The lowest BCUT2D eigenvalue weighted by atomic mass is 10.2. The van der Waals surface area contributed by atoms with Crippen molar-refractivity contribution in [2.75, 3.05) is 19.8 Å². The van der Waals surface area contributed by atoms with Gasteiger partial charge in [0.15, 0.2) is 0 Å². The number of aryl methyl sites for hydroxylation is 1. The predicted octanol–water partition coefficient (Wildman–Crippen LogP) is 5.02. The summed E-state index contributed by atoms with van der Waals surface area (Å²) in [4.78, 5) is 25.9. The number of amides is 1. The van der Waals surface area contributed by atoms with E-state index in [-0.39, 0.29) is 25.6 Å². The van der Waals surface area contributed by atoms with Gasteiger partial charge in [-0.3, -0.25) is 14.5 Å². The zero-order valence-electron chi connectivity index (χ0n) is 24.1. The number of rotatable bonds is 12. The Hall–Kier alpha value is -3.84. The summed E-state index contributed by atoms with van der Waals surface area (Å²) in [6, 6.07) is 10.4. The van der Waals surface area contributed by atoms with Crippen LogP contribution in [0.2, 0.25) is 30.7 Å². The molecule has 42 heavy (non-hydrogen) atoms. The molecule has 2 aromatic carbocycles. The van der Waals surface area contributed by atoms with Crippen molar-refractivity contribution in [1.82, 2.24) is 34.6 Å². The molecule has 0 bridgehead atoms. The Morgan fingerprint density at radius 1 is 1.12 bits per heavy atom. The number of aliphatic hydroxyl groups excluding tert-OH is 1. The van der Waals surface area contributed by atoms with Gasteiger partial charge in [0, 0.05) is 39.1 Å². The van der Waals surface area contributed by atoms with Crippen LogP contribution in [0.3, 0.4) is 0 Å². The van der Waals surface area contributed by atoms with Gasteiger partial charge < -0.3 is 24.5 Å². The van der Waals surface area contributed by atoms with Crippen LogP contribution in [0.5, 0.6) is 11.5 Å². The second-order valence-electron chi connectivity index (χ2n) is 11.2. The van der Waals surface area contributed by atoms with Gasteiger partial charge in [-0.1, -0.05) is 31.2 Å². The van der Waals surface area contributed by atoms with Gasteiger partial charge >= 0.3 is 0 Å². The number of nitrogens with zero attached hydrogens (tertiary/aromatic N) is 6. The van der Waals surface area contributed by atoms with E-state index in [0.29, 0.717) is 45.5 Å². The molecule has 3 heterocycles. The first-order valence-electron chi connectivity index (χ1n) is 13.7. The fraction of sp³-hybridized carbons (Fsp3) is 0.345. The molecule has 5 aromatic rings. The topological polar surface area (TPSA) is 129 Å². The number of aliphatic hydroxyl groups is 1. The van der Waals surface area contributed by atoms with E-state index in [0.717, 1.165) is 29.5 Å². The summed E-state index contributed by atoms with van der Waals surface area (Å²) in [5.41, 5.74) is 4.12. The van der Waals surface area contributed by atoms with Crippen molar-refractivity contribution < 1.29 is 19.4 Å². The maximum absolute atomic E-state index is 12.0. The van der Waals surface area contributed by atoms with Gasteiger partial charge in [-0.25, -0.2) is 9.97 Å². The highest BCUT2D eigenvalue weighted by molar-refractivity contribution is 6.76. The molecular weight excluding hydrogens is 574 g/mol. The van der Waals surface area contributed by atoms with Gasteiger partial charge in [0.25, 0.3) is 0 Å². The van der Waals surface area contributed by atoms with E-state index in [1.54, 1.807) is 24.7 Å². The highest BCUT2D eigenvalue weighted by Gasteiger charge is 2.16. The van der Waals surface area contributed by atoms with E-state index in [4.69, 9.17) is 31.2 Å². The highest BCUT2D eigenvalue weighted by atomic mass is 35.5. The molecule has 220 valence electrons. The molecule has 5 rings (SSSR count). The molecule has 11 nitrogen and oxygen atoms in total. The van der Waals surface area contributed by atoms with Crippen LogP contribution >= 0.6 is 11.6 Å². The highest BCUT2D eigenvalue weighted by Crippen LogP contribution is 2.36. The van der Waals surface area contributed by atoms with E-state index in [1.807, 2.05) is 35.8 Å². The number of aromatic nitrogens is 6. The molecule has 0 aliphatic rings. The normalized spacial score (nSPS) is 11.9. The van der Waals surface area contributed by atoms with Gasteiger partial charge in [0.1, 0.15) is 41.1 Å². The minimum Gasteiger partial charge on any atom is -0.456 e. The molecule has 0 unspecified atom stereocenters. The average Bonchev–Trinajstić information content (AvgIpc) is 3.54. The summed E-state index contributed by atoms with van der Waals surface area (Å²) in [5.74, 6) is 1.67. The van der Waals surface area contributed by atoms with E-state index in [1.165, 1.54) is 4.68 Å². The number of imidazole rings is 1.